The Morgan fingerprint density at radius 2 is 1.30 bits per heavy atom. The molecular weight excluding hydrogens is 278 g/mol. The summed E-state index contributed by atoms with van der Waals surface area (Å²) < 4.78 is 0. The van der Waals surface area contributed by atoms with Crippen LogP contribution in [0.1, 0.15) is 91.3 Å². The molecular formula is C18H34P2. The van der Waals surface area contributed by atoms with Gasteiger partial charge in [-0.25, -0.2) is 0 Å². The Kier molecular flexibility index (Phi) is 5.27. The first-order valence-corrected chi connectivity index (χ1v) is 10.3. The first-order valence-electron chi connectivity index (χ1n) is 7.92. The highest BCUT2D eigenvalue weighted by molar-refractivity contribution is 7.61. The highest BCUT2D eigenvalue weighted by Gasteiger charge is 2.34. The Hall–Kier alpha value is 0.210. The van der Waals surface area contributed by atoms with Crippen molar-refractivity contribution in [1.29, 1.82) is 0 Å². The van der Waals surface area contributed by atoms with Crippen LogP contribution in [0.3, 0.4) is 0 Å². The molecule has 0 bridgehead atoms. The van der Waals surface area contributed by atoms with E-state index in [2.05, 4.69) is 69.2 Å². The number of hydrogen-bond donors (Lipinski definition) is 0. The lowest BCUT2D eigenvalue weighted by molar-refractivity contribution is 0.550. The predicted molar refractivity (Wildman–Crippen MR) is 98.1 cm³/mol. The Balaban J connectivity index is 3.71. The molecule has 1 aromatic heterocycles. The summed E-state index contributed by atoms with van der Waals surface area (Å²) >= 11 is 0. The number of hydrogen-bond acceptors (Lipinski definition) is 0. The lowest BCUT2D eigenvalue weighted by atomic mass is 9.86. The molecule has 116 valence electrons. The second kappa shape index (κ2) is 5.78. The molecule has 0 saturated heterocycles. The summed E-state index contributed by atoms with van der Waals surface area (Å²) in [5.41, 5.74) is 0.945. The third kappa shape index (κ3) is 3.90. The van der Waals surface area contributed by atoms with Gasteiger partial charge in [-0.05, 0) is 39.4 Å². The standard InChI is InChI=1S/C18H34P2/c1-11-12-20-14(17(5,6)7)13(16(2,3)4)19-15(20)18(8,9)10/h11-12H2,1-10H3. The van der Waals surface area contributed by atoms with Crippen LogP contribution in [0.4, 0.5) is 0 Å². The monoisotopic (exact) mass is 312 g/mol. The van der Waals surface area contributed by atoms with E-state index in [0.717, 1.165) is 0 Å². The summed E-state index contributed by atoms with van der Waals surface area (Å²) in [5.74, 6) is 0. The maximum atomic E-state index is 2.42. The Labute approximate surface area is 129 Å². The largest absolute Gasteiger partial charge is 0.112 e. The van der Waals surface area contributed by atoms with E-state index >= 15 is 0 Å². The summed E-state index contributed by atoms with van der Waals surface area (Å²) in [7, 11) is 1.48. The predicted octanol–water partition coefficient (Wildman–Crippen LogP) is 7.56. The van der Waals surface area contributed by atoms with E-state index in [4.69, 9.17) is 0 Å². The first-order chi connectivity index (χ1) is 8.80. The van der Waals surface area contributed by atoms with Crippen molar-refractivity contribution in [1.82, 2.24) is 0 Å². The molecule has 1 aromatic rings. The van der Waals surface area contributed by atoms with E-state index in [1.807, 2.05) is 5.03 Å². The van der Waals surface area contributed by atoms with Gasteiger partial charge in [0.1, 0.15) is 0 Å². The van der Waals surface area contributed by atoms with Crippen molar-refractivity contribution in [3.63, 3.8) is 0 Å². The Bertz CT molecular complexity index is 459. The van der Waals surface area contributed by atoms with E-state index in [9.17, 15) is 0 Å². The fourth-order valence-electron chi connectivity index (χ4n) is 2.75. The minimum atomic E-state index is -0.0678. The van der Waals surface area contributed by atoms with E-state index in [1.165, 1.54) is 12.6 Å². The molecule has 0 aliphatic rings. The van der Waals surface area contributed by atoms with Gasteiger partial charge in [0.05, 0.1) is 0 Å². The van der Waals surface area contributed by atoms with Gasteiger partial charge in [0.2, 0.25) is 0 Å². The number of rotatable bonds is 2. The van der Waals surface area contributed by atoms with Gasteiger partial charge >= 0.3 is 0 Å². The van der Waals surface area contributed by atoms with Gasteiger partial charge in [0.15, 0.2) is 0 Å². The van der Waals surface area contributed by atoms with Crippen LogP contribution in [0.5, 0.6) is 0 Å². The molecule has 1 rings (SSSR count). The highest BCUT2D eigenvalue weighted by atomic mass is 31.1. The third-order valence-electron chi connectivity index (χ3n) is 3.51. The van der Waals surface area contributed by atoms with Crippen LogP contribution >= 0.6 is 15.7 Å². The van der Waals surface area contributed by atoms with Gasteiger partial charge in [-0.1, -0.05) is 77.4 Å². The molecule has 0 saturated carbocycles. The summed E-state index contributed by atoms with van der Waals surface area (Å²) in [6, 6.07) is 0. The van der Waals surface area contributed by atoms with E-state index < -0.39 is 0 Å². The Morgan fingerprint density at radius 1 is 0.800 bits per heavy atom. The van der Waals surface area contributed by atoms with Crippen molar-refractivity contribution in [2.24, 2.45) is 0 Å². The molecule has 0 aromatic carbocycles. The van der Waals surface area contributed by atoms with Crippen LogP contribution < -0.4 is 0 Å². The van der Waals surface area contributed by atoms with Crippen molar-refractivity contribution in [2.45, 2.75) is 98.1 Å². The normalized spacial score (nSPS) is 15.2. The molecule has 1 atom stereocenters. The van der Waals surface area contributed by atoms with Crippen LogP contribution in [-0.4, -0.2) is 0 Å². The highest BCUT2D eigenvalue weighted by Crippen LogP contribution is 2.60. The second-order valence-corrected chi connectivity index (χ2v) is 12.7. The zero-order chi connectivity index (χ0) is 15.9. The maximum absolute atomic E-state index is 2.42. The average Bonchev–Trinajstić information content (AvgIpc) is 2.55. The van der Waals surface area contributed by atoms with Crippen molar-refractivity contribution < 1.29 is 0 Å². The van der Waals surface area contributed by atoms with Gasteiger partial charge in [0, 0.05) is 5.03 Å². The van der Waals surface area contributed by atoms with Crippen molar-refractivity contribution in [2.75, 3.05) is 0 Å². The molecule has 1 unspecified atom stereocenters. The molecule has 0 aliphatic heterocycles. The first kappa shape index (κ1) is 18.3. The lowest BCUT2D eigenvalue weighted by Crippen LogP contribution is -2.18. The van der Waals surface area contributed by atoms with Gasteiger partial charge in [0.25, 0.3) is 0 Å². The molecule has 2 heteroatoms. The lowest BCUT2D eigenvalue weighted by Gasteiger charge is -2.29. The van der Waals surface area contributed by atoms with Crippen LogP contribution in [0.15, 0.2) is 0 Å². The molecule has 0 radical (unpaired) electrons. The zero-order valence-electron chi connectivity index (χ0n) is 15.3. The van der Waals surface area contributed by atoms with Gasteiger partial charge in [-0.2, -0.15) is 0 Å². The van der Waals surface area contributed by atoms with Crippen molar-refractivity contribution in [3.8, 4) is 0 Å². The van der Waals surface area contributed by atoms with E-state index in [0.29, 0.717) is 16.2 Å². The summed E-state index contributed by atoms with van der Waals surface area (Å²) in [6.45, 7) is 24.0. The van der Waals surface area contributed by atoms with Crippen LogP contribution in [-0.2, 0) is 22.4 Å². The molecule has 0 amide bonds. The topological polar surface area (TPSA) is 0 Å². The molecule has 0 spiro atoms. The smallest absolute Gasteiger partial charge is 0.00475 e. The molecule has 20 heavy (non-hydrogen) atoms. The molecule has 1 heterocycles. The summed E-state index contributed by atoms with van der Waals surface area (Å²) in [6.07, 6.45) is 2.68. The fourth-order valence-corrected chi connectivity index (χ4v) is 9.27. The quantitative estimate of drug-likeness (QED) is 0.528. The summed E-state index contributed by atoms with van der Waals surface area (Å²) in [5, 5.41) is 5.33. The molecule has 0 N–H and O–H groups in total. The zero-order valence-corrected chi connectivity index (χ0v) is 17.1. The van der Waals surface area contributed by atoms with Crippen molar-refractivity contribution >= 4 is 15.7 Å². The van der Waals surface area contributed by atoms with E-state index in [1.54, 1.807) is 18.8 Å². The minimum absolute atomic E-state index is 0.0678. The fraction of sp³-hybridized carbons (Fsp3) is 0.833. The average molecular weight is 312 g/mol. The minimum Gasteiger partial charge on any atom is -0.112 e. The maximum Gasteiger partial charge on any atom is 0.00475 e. The second-order valence-electron chi connectivity index (χ2n) is 9.03. The van der Waals surface area contributed by atoms with Crippen molar-refractivity contribution in [3.05, 3.63) is 15.6 Å². The van der Waals surface area contributed by atoms with E-state index in [-0.39, 0.29) is 7.53 Å². The molecule has 0 aliphatic carbocycles. The Morgan fingerprint density at radius 3 is 1.60 bits per heavy atom. The third-order valence-corrected chi connectivity index (χ3v) is 10.2. The molecule has 0 nitrogen and oxygen atoms in total. The summed E-state index contributed by atoms with van der Waals surface area (Å²) in [4.78, 5) is 0. The molecule has 0 fully saturated rings. The SMILES string of the molecule is CCCp1c(C(C)(C)C)pc(C(C)(C)C)c1C(C)(C)C. The van der Waals surface area contributed by atoms with Gasteiger partial charge in [-0.3, -0.25) is 0 Å². The van der Waals surface area contributed by atoms with Crippen LogP contribution in [0.25, 0.3) is 0 Å². The van der Waals surface area contributed by atoms with Gasteiger partial charge in [-0.15, -0.1) is 7.53 Å². The van der Waals surface area contributed by atoms with Crippen LogP contribution in [0.2, 0.25) is 0 Å². The van der Waals surface area contributed by atoms with Gasteiger partial charge < -0.3 is 0 Å². The van der Waals surface area contributed by atoms with Crippen LogP contribution in [0, 0.1) is 0 Å².